The number of thiazole rings is 1. The predicted molar refractivity (Wildman–Crippen MR) is 58.6 cm³/mol. The number of carboxylic acid groups (broad SMARTS) is 1. The molecule has 0 bridgehead atoms. The van der Waals surface area contributed by atoms with Crippen LogP contribution in [0.2, 0.25) is 0 Å². The molecule has 0 aliphatic rings. The second-order valence-electron chi connectivity index (χ2n) is 3.23. The Morgan fingerprint density at radius 3 is 2.62 bits per heavy atom. The third kappa shape index (κ3) is 2.40. The number of aromatic nitrogens is 3. The van der Waals surface area contributed by atoms with Crippen molar-refractivity contribution in [2.24, 2.45) is 0 Å². The Balaban J connectivity index is 2.14. The van der Waals surface area contributed by atoms with Crippen LogP contribution in [0.15, 0.2) is 17.8 Å². The van der Waals surface area contributed by atoms with E-state index in [1.165, 1.54) is 12.4 Å². The maximum Gasteiger partial charge on any atom is 0.338 e. The Hall–Kier alpha value is -1.82. The van der Waals surface area contributed by atoms with Crippen molar-refractivity contribution in [1.82, 2.24) is 15.0 Å². The molecule has 2 aromatic heterocycles. The molecular weight excluding hydrogens is 226 g/mol. The second kappa shape index (κ2) is 4.36. The molecule has 0 saturated carbocycles. The van der Waals surface area contributed by atoms with Crippen molar-refractivity contribution in [3.05, 3.63) is 39.9 Å². The van der Waals surface area contributed by atoms with E-state index < -0.39 is 5.97 Å². The van der Waals surface area contributed by atoms with Gasteiger partial charge in [-0.05, 0) is 6.92 Å². The molecule has 1 N–H and O–H groups in total. The molecule has 0 atom stereocenters. The van der Waals surface area contributed by atoms with Crippen LogP contribution in [-0.2, 0) is 6.42 Å². The van der Waals surface area contributed by atoms with E-state index in [0.29, 0.717) is 12.2 Å². The van der Waals surface area contributed by atoms with Gasteiger partial charge in [0.25, 0.3) is 0 Å². The summed E-state index contributed by atoms with van der Waals surface area (Å²) in [5, 5.41) is 11.6. The number of aryl methyl sites for hydroxylation is 1. The van der Waals surface area contributed by atoms with Crippen molar-refractivity contribution >= 4 is 17.3 Å². The van der Waals surface area contributed by atoms with E-state index in [9.17, 15) is 4.79 Å². The van der Waals surface area contributed by atoms with Crippen LogP contribution in [0.3, 0.4) is 0 Å². The van der Waals surface area contributed by atoms with Crippen molar-refractivity contribution in [2.45, 2.75) is 13.3 Å². The van der Waals surface area contributed by atoms with Crippen LogP contribution in [0, 0.1) is 6.92 Å². The van der Waals surface area contributed by atoms with Gasteiger partial charge in [-0.15, -0.1) is 11.3 Å². The molecule has 0 aliphatic heterocycles. The van der Waals surface area contributed by atoms with Crippen LogP contribution in [0.25, 0.3) is 0 Å². The number of aromatic carboxylic acids is 1. The van der Waals surface area contributed by atoms with Crippen molar-refractivity contribution in [3.8, 4) is 0 Å². The summed E-state index contributed by atoms with van der Waals surface area (Å²) in [4.78, 5) is 22.8. The van der Waals surface area contributed by atoms with Crippen LogP contribution < -0.4 is 0 Å². The summed E-state index contributed by atoms with van der Waals surface area (Å²) in [7, 11) is 0. The lowest BCUT2D eigenvalue weighted by atomic mass is 10.3. The molecule has 0 unspecified atom stereocenters. The van der Waals surface area contributed by atoms with Gasteiger partial charge in [0.2, 0.25) is 0 Å². The summed E-state index contributed by atoms with van der Waals surface area (Å²) in [6.45, 7) is 1.93. The fourth-order valence-corrected chi connectivity index (χ4v) is 1.82. The maximum absolute atomic E-state index is 10.6. The third-order valence-electron chi connectivity index (χ3n) is 1.96. The smallest absolute Gasteiger partial charge is 0.338 e. The molecule has 16 heavy (non-hydrogen) atoms. The quantitative estimate of drug-likeness (QED) is 0.873. The van der Waals surface area contributed by atoms with Crippen LogP contribution in [0.1, 0.15) is 26.9 Å². The number of hydrogen-bond donors (Lipinski definition) is 1. The van der Waals surface area contributed by atoms with Gasteiger partial charge in [0.05, 0.1) is 22.7 Å². The topological polar surface area (TPSA) is 76.0 Å². The summed E-state index contributed by atoms with van der Waals surface area (Å²) in [6.07, 6.45) is 3.15. The van der Waals surface area contributed by atoms with Gasteiger partial charge in [0.15, 0.2) is 0 Å². The van der Waals surface area contributed by atoms with E-state index in [1.807, 2.05) is 12.3 Å². The average molecular weight is 235 g/mol. The first kappa shape index (κ1) is 10.7. The van der Waals surface area contributed by atoms with E-state index in [-0.39, 0.29) is 5.56 Å². The molecule has 2 heterocycles. The van der Waals surface area contributed by atoms with Gasteiger partial charge in [0, 0.05) is 17.8 Å². The molecule has 0 aromatic carbocycles. The summed E-state index contributed by atoms with van der Waals surface area (Å²) in [6, 6.07) is 0. The summed E-state index contributed by atoms with van der Waals surface area (Å²) in [5.74, 6) is -0.439. The summed E-state index contributed by atoms with van der Waals surface area (Å²) >= 11 is 1.57. The lowest BCUT2D eigenvalue weighted by Gasteiger charge is -1.97. The molecule has 6 heteroatoms. The highest BCUT2D eigenvalue weighted by Gasteiger charge is 2.06. The Labute approximate surface area is 95.8 Å². The van der Waals surface area contributed by atoms with Gasteiger partial charge in [-0.3, -0.25) is 0 Å². The molecule has 0 amide bonds. The van der Waals surface area contributed by atoms with Gasteiger partial charge in [-0.2, -0.15) is 0 Å². The fourth-order valence-electron chi connectivity index (χ4n) is 1.21. The van der Waals surface area contributed by atoms with Gasteiger partial charge in [0.1, 0.15) is 5.82 Å². The van der Waals surface area contributed by atoms with Crippen LogP contribution in [0.4, 0.5) is 0 Å². The number of nitrogens with zero attached hydrogens (tertiary/aromatic N) is 3. The van der Waals surface area contributed by atoms with Gasteiger partial charge in [-0.25, -0.2) is 19.7 Å². The molecule has 5 nitrogen and oxygen atoms in total. The van der Waals surface area contributed by atoms with E-state index in [1.54, 1.807) is 11.3 Å². The molecule has 82 valence electrons. The van der Waals surface area contributed by atoms with E-state index >= 15 is 0 Å². The Bertz CT molecular complexity index is 507. The third-order valence-corrected chi connectivity index (χ3v) is 2.78. The summed E-state index contributed by atoms with van der Waals surface area (Å²) < 4.78 is 0. The molecule has 0 fully saturated rings. The van der Waals surface area contributed by atoms with E-state index in [4.69, 9.17) is 5.11 Å². The monoisotopic (exact) mass is 235 g/mol. The molecule has 0 aliphatic carbocycles. The Kier molecular flexibility index (Phi) is 2.91. The number of rotatable bonds is 3. The number of carboxylic acids is 1. The predicted octanol–water partition coefficient (Wildman–Crippen LogP) is 1.53. The first-order chi connectivity index (χ1) is 7.65. The maximum atomic E-state index is 10.6. The molecule has 2 rings (SSSR count). The normalized spacial score (nSPS) is 10.3. The largest absolute Gasteiger partial charge is 0.478 e. The lowest BCUT2D eigenvalue weighted by molar-refractivity contribution is 0.0696. The second-order valence-corrected chi connectivity index (χ2v) is 4.29. The van der Waals surface area contributed by atoms with E-state index in [0.717, 1.165) is 10.7 Å². The minimum Gasteiger partial charge on any atom is -0.478 e. The van der Waals surface area contributed by atoms with Crippen molar-refractivity contribution in [2.75, 3.05) is 0 Å². The Morgan fingerprint density at radius 1 is 1.44 bits per heavy atom. The Morgan fingerprint density at radius 2 is 2.12 bits per heavy atom. The molecule has 0 spiro atoms. The highest BCUT2D eigenvalue weighted by molar-refractivity contribution is 7.09. The molecular formula is C10H9N3O2S. The first-order valence-corrected chi connectivity index (χ1v) is 5.48. The lowest BCUT2D eigenvalue weighted by Crippen LogP contribution is -2.02. The summed E-state index contributed by atoms with van der Waals surface area (Å²) in [5.41, 5.74) is 1.00. The van der Waals surface area contributed by atoms with Crippen molar-refractivity contribution in [3.63, 3.8) is 0 Å². The highest BCUT2D eigenvalue weighted by Crippen LogP contribution is 2.10. The van der Waals surface area contributed by atoms with Crippen LogP contribution >= 0.6 is 11.3 Å². The minimum atomic E-state index is -1.02. The zero-order chi connectivity index (χ0) is 11.5. The van der Waals surface area contributed by atoms with Gasteiger partial charge in [-0.1, -0.05) is 0 Å². The molecule has 2 aromatic rings. The van der Waals surface area contributed by atoms with Crippen LogP contribution in [0.5, 0.6) is 0 Å². The van der Waals surface area contributed by atoms with E-state index in [2.05, 4.69) is 15.0 Å². The zero-order valence-electron chi connectivity index (χ0n) is 8.54. The minimum absolute atomic E-state index is 0.0956. The molecule has 0 saturated heterocycles. The number of hydrogen-bond acceptors (Lipinski definition) is 5. The van der Waals surface area contributed by atoms with Gasteiger partial charge >= 0.3 is 5.97 Å². The fraction of sp³-hybridized carbons (Fsp3) is 0.200. The van der Waals surface area contributed by atoms with Crippen LogP contribution in [-0.4, -0.2) is 26.0 Å². The van der Waals surface area contributed by atoms with Gasteiger partial charge < -0.3 is 5.11 Å². The average Bonchev–Trinajstić information content (AvgIpc) is 2.65. The number of carbonyl (C=O) groups is 1. The SMILES string of the molecule is Cc1nc(Cc2ncc(C(=O)O)cn2)cs1. The standard InChI is InChI=1S/C10H9N3O2S/c1-6-13-8(5-16-6)2-9-11-3-7(4-12-9)10(14)15/h3-5H,2H2,1H3,(H,14,15). The molecule has 0 radical (unpaired) electrons. The van der Waals surface area contributed by atoms with Crippen molar-refractivity contribution < 1.29 is 9.90 Å². The van der Waals surface area contributed by atoms with Crippen molar-refractivity contribution in [1.29, 1.82) is 0 Å². The zero-order valence-corrected chi connectivity index (χ0v) is 9.36. The highest BCUT2D eigenvalue weighted by atomic mass is 32.1. The first-order valence-electron chi connectivity index (χ1n) is 4.60.